The molecule has 0 bridgehead atoms. The zero-order chi connectivity index (χ0) is 14.0. The highest BCUT2D eigenvalue weighted by molar-refractivity contribution is 6.32. The fourth-order valence-electron chi connectivity index (χ4n) is 1.91. The normalized spacial score (nSPS) is 25.7. The van der Waals surface area contributed by atoms with E-state index in [2.05, 4.69) is 0 Å². The number of benzene rings is 1. The number of nitrogens with zero attached hydrogens (tertiary/aromatic N) is 1. The Morgan fingerprint density at radius 1 is 1.53 bits per heavy atom. The Labute approximate surface area is 120 Å². The van der Waals surface area contributed by atoms with E-state index in [9.17, 15) is 10.1 Å². The van der Waals surface area contributed by atoms with Gasteiger partial charge in [0, 0.05) is 19.1 Å². The lowest BCUT2D eigenvalue weighted by atomic mass is 9.91. The second-order valence-electron chi connectivity index (χ2n) is 4.20. The number of rotatable bonds is 5. The van der Waals surface area contributed by atoms with Crippen LogP contribution in [0.4, 0.5) is 5.69 Å². The van der Waals surface area contributed by atoms with Crippen LogP contribution in [0.5, 0.6) is 5.75 Å². The molecule has 0 aromatic heterocycles. The standard InChI is InChI=1S/C12H13Cl2NO4/c1-2-18-12-9(14)6-11(12)19-10-5-7(15(16)17)3-4-8(10)13/h3-5,9,11-12H,2,6H2,1H3. The first-order valence-corrected chi connectivity index (χ1v) is 6.70. The van der Waals surface area contributed by atoms with E-state index < -0.39 is 4.92 Å². The van der Waals surface area contributed by atoms with Crippen molar-refractivity contribution in [2.75, 3.05) is 6.61 Å². The van der Waals surface area contributed by atoms with Gasteiger partial charge in [0.2, 0.25) is 0 Å². The molecule has 5 nitrogen and oxygen atoms in total. The Balaban J connectivity index is 2.10. The van der Waals surface area contributed by atoms with E-state index in [1.807, 2.05) is 6.92 Å². The first kappa shape index (κ1) is 14.4. The maximum atomic E-state index is 10.7. The largest absolute Gasteiger partial charge is 0.486 e. The minimum atomic E-state index is -0.492. The van der Waals surface area contributed by atoms with Gasteiger partial charge in [-0.2, -0.15) is 0 Å². The molecular weight excluding hydrogens is 293 g/mol. The van der Waals surface area contributed by atoms with Crippen LogP contribution in [0.25, 0.3) is 0 Å². The molecule has 3 unspecified atom stereocenters. The van der Waals surface area contributed by atoms with Crippen molar-refractivity contribution < 1.29 is 14.4 Å². The predicted molar refractivity (Wildman–Crippen MR) is 72.2 cm³/mol. The van der Waals surface area contributed by atoms with E-state index in [0.29, 0.717) is 18.1 Å². The van der Waals surface area contributed by atoms with Crippen LogP contribution in [0.15, 0.2) is 18.2 Å². The molecule has 2 rings (SSSR count). The Morgan fingerprint density at radius 2 is 2.26 bits per heavy atom. The van der Waals surface area contributed by atoms with Crippen molar-refractivity contribution in [2.45, 2.75) is 30.9 Å². The minimum Gasteiger partial charge on any atom is -0.486 e. The Hall–Kier alpha value is -1.04. The monoisotopic (exact) mass is 305 g/mol. The number of hydrogen-bond donors (Lipinski definition) is 0. The van der Waals surface area contributed by atoms with Crippen molar-refractivity contribution in [3.8, 4) is 5.75 Å². The molecule has 0 radical (unpaired) electrons. The van der Waals surface area contributed by atoms with Gasteiger partial charge in [-0.25, -0.2) is 0 Å². The molecule has 104 valence electrons. The summed E-state index contributed by atoms with van der Waals surface area (Å²) in [4.78, 5) is 10.2. The Bertz CT molecular complexity index is 483. The highest BCUT2D eigenvalue weighted by Gasteiger charge is 2.43. The second-order valence-corrected chi connectivity index (χ2v) is 5.17. The molecule has 1 saturated carbocycles. The third-order valence-corrected chi connectivity index (χ3v) is 3.68. The summed E-state index contributed by atoms with van der Waals surface area (Å²) >= 11 is 12.0. The third kappa shape index (κ3) is 3.11. The first-order chi connectivity index (χ1) is 9.02. The van der Waals surface area contributed by atoms with Gasteiger partial charge < -0.3 is 9.47 Å². The van der Waals surface area contributed by atoms with Gasteiger partial charge in [-0.3, -0.25) is 10.1 Å². The molecule has 1 aromatic rings. The molecule has 0 N–H and O–H groups in total. The third-order valence-electron chi connectivity index (χ3n) is 2.94. The molecule has 1 fully saturated rings. The van der Waals surface area contributed by atoms with Gasteiger partial charge in [-0.05, 0) is 13.0 Å². The van der Waals surface area contributed by atoms with E-state index >= 15 is 0 Å². The van der Waals surface area contributed by atoms with Crippen LogP contribution >= 0.6 is 23.2 Å². The highest BCUT2D eigenvalue weighted by atomic mass is 35.5. The van der Waals surface area contributed by atoms with E-state index in [1.54, 1.807) is 0 Å². The minimum absolute atomic E-state index is 0.0610. The smallest absolute Gasteiger partial charge is 0.273 e. The van der Waals surface area contributed by atoms with Crippen LogP contribution in [-0.2, 0) is 4.74 Å². The number of nitro groups is 1. The zero-order valence-corrected chi connectivity index (χ0v) is 11.7. The van der Waals surface area contributed by atoms with Crippen molar-refractivity contribution in [2.24, 2.45) is 0 Å². The average molecular weight is 306 g/mol. The molecule has 1 aliphatic carbocycles. The molecule has 19 heavy (non-hydrogen) atoms. The van der Waals surface area contributed by atoms with E-state index in [1.165, 1.54) is 18.2 Å². The summed E-state index contributed by atoms with van der Waals surface area (Å²) in [5.74, 6) is 0.286. The lowest BCUT2D eigenvalue weighted by molar-refractivity contribution is -0.385. The molecule has 1 aromatic carbocycles. The number of alkyl halides is 1. The Kier molecular flexibility index (Phi) is 4.50. The van der Waals surface area contributed by atoms with Crippen LogP contribution in [0.2, 0.25) is 5.02 Å². The van der Waals surface area contributed by atoms with Crippen LogP contribution < -0.4 is 4.74 Å². The lowest BCUT2D eigenvalue weighted by Gasteiger charge is -2.40. The van der Waals surface area contributed by atoms with E-state index in [4.69, 9.17) is 32.7 Å². The van der Waals surface area contributed by atoms with Crippen molar-refractivity contribution >= 4 is 28.9 Å². The molecule has 0 spiro atoms. The van der Waals surface area contributed by atoms with Gasteiger partial charge in [0.05, 0.1) is 21.4 Å². The van der Waals surface area contributed by atoms with Crippen LogP contribution in [-0.4, -0.2) is 29.1 Å². The highest BCUT2D eigenvalue weighted by Crippen LogP contribution is 2.36. The molecule has 7 heteroatoms. The average Bonchev–Trinajstić information content (AvgIpc) is 2.37. The number of non-ortho nitro benzene ring substituents is 1. The van der Waals surface area contributed by atoms with Crippen LogP contribution in [0.3, 0.4) is 0 Å². The van der Waals surface area contributed by atoms with Crippen LogP contribution in [0, 0.1) is 10.1 Å². The molecule has 3 atom stereocenters. The van der Waals surface area contributed by atoms with E-state index in [0.717, 1.165) is 0 Å². The van der Waals surface area contributed by atoms with Gasteiger partial charge in [0.25, 0.3) is 5.69 Å². The van der Waals surface area contributed by atoms with Crippen molar-refractivity contribution in [1.82, 2.24) is 0 Å². The molecule has 0 saturated heterocycles. The zero-order valence-electron chi connectivity index (χ0n) is 10.2. The summed E-state index contributed by atoms with van der Waals surface area (Å²) in [5, 5.41) is 11.0. The summed E-state index contributed by atoms with van der Waals surface area (Å²) in [6.07, 6.45) is 0.203. The van der Waals surface area contributed by atoms with Gasteiger partial charge in [-0.1, -0.05) is 11.6 Å². The van der Waals surface area contributed by atoms with Gasteiger partial charge in [0.1, 0.15) is 18.0 Å². The first-order valence-electron chi connectivity index (χ1n) is 5.89. The number of nitro benzene ring substituents is 1. The van der Waals surface area contributed by atoms with Gasteiger partial charge in [0.15, 0.2) is 0 Å². The summed E-state index contributed by atoms with van der Waals surface area (Å²) in [6, 6.07) is 4.09. The quantitative estimate of drug-likeness (QED) is 0.475. The summed E-state index contributed by atoms with van der Waals surface area (Å²) < 4.78 is 11.1. The SMILES string of the molecule is CCOC1C(Cl)CC1Oc1cc([N+](=O)[O-])ccc1Cl. The second kappa shape index (κ2) is 5.94. The fraction of sp³-hybridized carbons (Fsp3) is 0.500. The number of halogens is 2. The fourth-order valence-corrected chi connectivity index (χ4v) is 2.48. The van der Waals surface area contributed by atoms with Gasteiger partial charge in [-0.15, -0.1) is 11.6 Å². The predicted octanol–water partition coefficient (Wildman–Crippen LogP) is 3.41. The number of hydrogen-bond acceptors (Lipinski definition) is 4. The molecule has 0 heterocycles. The molecule has 0 amide bonds. The summed E-state index contributed by atoms with van der Waals surface area (Å²) in [6.45, 7) is 2.41. The summed E-state index contributed by atoms with van der Waals surface area (Å²) in [7, 11) is 0. The van der Waals surface area contributed by atoms with Crippen molar-refractivity contribution in [1.29, 1.82) is 0 Å². The van der Waals surface area contributed by atoms with Crippen LogP contribution in [0.1, 0.15) is 13.3 Å². The topological polar surface area (TPSA) is 61.6 Å². The van der Waals surface area contributed by atoms with Gasteiger partial charge >= 0.3 is 0 Å². The van der Waals surface area contributed by atoms with E-state index in [-0.39, 0.29) is 29.0 Å². The molecular formula is C12H13Cl2NO4. The summed E-state index contributed by atoms with van der Waals surface area (Å²) in [5.41, 5.74) is -0.0610. The van der Waals surface area contributed by atoms with Crippen molar-refractivity contribution in [3.05, 3.63) is 33.3 Å². The molecule has 1 aliphatic rings. The number of ether oxygens (including phenoxy) is 2. The lowest BCUT2D eigenvalue weighted by Crippen LogP contribution is -2.52. The maximum absolute atomic E-state index is 10.7. The molecule has 0 aliphatic heterocycles. The van der Waals surface area contributed by atoms with Crippen molar-refractivity contribution in [3.63, 3.8) is 0 Å². The Morgan fingerprint density at radius 3 is 2.84 bits per heavy atom. The maximum Gasteiger partial charge on any atom is 0.273 e.